The van der Waals surface area contributed by atoms with Crippen LogP contribution in [-0.2, 0) is 22.4 Å². The number of hydrogen-bond donors (Lipinski definition) is 1. The molecule has 9 nitrogen and oxygen atoms in total. The standard InChI is InChI=1S/C24H26N6O3S/c1-14-12-33-10-9-29(14)24(31)15-3-4-16-19(11-15)34-23-20(16)22(25-13-26-23)28-17-6-8-30-18(5-7-27-30)21(17)32-2/h5-8,13-15H,3-4,9-12H2,1-2H3,(H,25,26,28)/t14-,15-/m0/s1. The van der Waals surface area contributed by atoms with Gasteiger partial charge in [0.1, 0.15) is 22.5 Å². The van der Waals surface area contributed by atoms with Crippen molar-refractivity contribution in [1.82, 2.24) is 24.5 Å². The van der Waals surface area contributed by atoms with Crippen molar-refractivity contribution >= 4 is 44.5 Å². The van der Waals surface area contributed by atoms with Crippen molar-refractivity contribution in [3.8, 4) is 5.75 Å². The van der Waals surface area contributed by atoms with E-state index in [0.717, 1.165) is 46.5 Å². The number of nitrogens with zero attached hydrogens (tertiary/aromatic N) is 5. The molecular formula is C24H26N6O3S. The highest BCUT2D eigenvalue weighted by atomic mass is 32.1. The van der Waals surface area contributed by atoms with Crippen molar-refractivity contribution in [1.29, 1.82) is 0 Å². The second-order valence-electron chi connectivity index (χ2n) is 8.85. The van der Waals surface area contributed by atoms with Crippen LogP contribution in [0.2, 0.25) is 0 Å². The highest BCUT2D eigenvalue weighted by Gasteiger charge is 2.34. The van der Waals surface area contributed by atoms with Gasteiger partial charge in [-0.3, -0.25) is 4.79 Å². The van der Waals surface area contributed by atoms with Crippen molar-refractivity contribution in [2.45, 2.75) is 32.2 Å². The van der Waals surface area contributed by atoms with E-state index in [4.69, 9.17) is 9.47 Å². The first-order chi connectivity index (χ1) is 16.6. The Morgan fingerprint density at radius 2 is 2.24 bits per heavy atom. The Hall–Kier alpha value is -3.24. The molecule has 4 aromatic heterocycles. The molecule has 0 spiro atoms. The molecule has 1 N–H and O–H groups in total. The molecule has 176 valence electrons. The van der Waals surface area contributed by atoms with E-state index >= 15 is 0 Å². The number of carbonyl (C=O) groups excluding carboxylic acids is 1. The number of aromatic nitrogens is 4. The van der Waals surface area contributed by atoms with E-state index in [1.807, 2.05) is 23.2 Å². The predicted molar refractivity (Wildman–Crippen MR) is 130 cm³/mol. The van der Waals surface area contributed by atoms with Gasteiger partial charge in [0.25, 0.3) is 0 Å². The lowest BCUT2D eigenvalue weighted by molar-refractivity contribution is -0.143. The van der Waals surface area contributed by atoms with Gasteiger partial charge >= 0.3 is 0 Å². The van der Waals surface area contributed by atoms with Crippen LogP contribution in [0.1, 0.15) is 23.8 Å². The number of morpholine rings is 1. The first-order valence-electron chi connectivity index (χ1n) is 11.5. The van der Waals surface area contributed by atoms with Gasteiger partial charge in [0.15, 0.2) is 5.75 Å². The van der Waals surface area contributed by atoms with E-state index in [1.54, 1.807) is 35.5 Å². The third-order valence-corrected chi connectivity index (χ3v) is 7.99. The zero-order chi connectivity index (χ0) is 23.2. The number of fused-ring (bicyclic) bond motifs is 4. The molecule has 1 fully saturated rings. The van der Waals surface area contributed by atoms with Crippen molar-refractivity contribution < 1.29 is 14.3 Å². The number of amides is 1. The van der Waals surface area contributed by atoms with E-state index in [2.05, 4.69) is 27.3 Å². The number of ether oxygens (including phenoxy) is 2. The molecule has 2 atom stereocenters. The van der Waals surface area contributed by atoms with Gasteiger partial charge in [0.05, 0.1) is 43.6 Å². The molecule has 0 aromatic carbocycles. The van der Waals surface area contributed by atoms with E-state index < -0.39 is 0 Å². The van der Waals surface area contributed by atoms with Crippen molar-refractivity contribution in [2.24, 2.45) is 5.92 Å². The van der Waals surface area contributed by atoms with E-state index in [0.29, 0.717) is 25.5 Å². The van der Waals surface area contributed by atoms with Crippen LogP contribution in [0.25, 0.3) is 15.7 Å². The van der Waals surface area contributed by atoms with Gasteiger partial charge in [0, 0.05) is 23.5 Å². The van der Waals surface area contributed by atoms with E-state index in [1.165, 1.54) is 10.4 Å². The fraction of sp³-hybridized carbons (Fsp3) is 0.417. The smallest absolute Gasteiger partial charge is 0.226 e. The molecule has 5 heterocycles. The highest BCUT2D eigenvalue weighted by molar-refractivity contribution is 7.19. The normalized spacial score (nSPS) is 20.5. The quantitative estimate of drug-likeness (QED) is 0.480. The Kier molecular flexibility index (Phi) is 5.34. The molecule has 1 aliphatic carbocycles. The molecule has 0 bridgehead atoms. The molecule has 6 rings (SSSR count). The number of anilines is 2. The van der Waals surface area contributed by atoms with E-state index in [-0.39, 0.29) is 17.9 Å². The number of aryl methyl sites for hydroxylation is 1. The summed E-state index contributed by atoms with van der Waals surface area (Å²) in [7, 11) is 1.65. The van der Waals surface area contributed by atoms with Crippen molar-refractivity contribution in [3.05, 3.63) is 41.3 Å². The maximum Gasteiger partial charge on any atom is 0.226 e. The molecule has 1 aliphatic heterocycles. The Labute approximate surface area is 200 Å². The van der Waals surface area contributed by atoms with Crippen LogP contribution in [-0.4, -0.2) is 63.3 Å². The molecule has 1 saturated heterocycles. The summed E-state index contributed by atoms with van der Waals surface area (Å²) in [5.41, 5.74) is 2.95. The fourth-order valence-electron chi connectivity index (χ4n) is 5.12. The van der Waals surface area contributed by atoms with Gasteiger partial charge < -0.3 is 19.7 Å². The first kappa shape index (κ1) is 21.3. The molecule has 34 heavy (non-hydrogen) atoms. The number of rotatable bonds is 4. The van der Waals surface area contributed by atoms with Crippen LogP contribution >= 0.6 is 11.3 Å². The third kappa shape index (κ3) is 3.48. The molecule has 4 aromatic rings. The minimum atomic E-state index is 0.00912. The second kappa shape index (κ2) is 8.52. The summed E-state index contributed by atoms with van der Waals surface area (Å²) in [6.07, 6.45) is 7.66. The van der Waals surface area contributed by atoms with Crippen LogP contribution in [0.3, 0.4) is 0 Å². The van der Waals surface area contributed by atoms with Crippen molar-refractivity contribution in [3.63, 3.8) is 0 Å². The highest BCUT2D eigenvalue weighted by Crippen LogP contribution is 2.42. The number of thiophene rings is 1. The monoisotopic (exact) mass is 478 g/mol. The summed E-state index contributed by atoms with van der Waals surface area (Å²) in [5, 5.41) is 8.80. The van der Waals surface area contributed by atoms with Gasteiger partial charge in [0.2, 0.25) is 5.91 Å². The first-order valence-corrected chi connectivity index (χ1v) is 12.4. The second-order valence-corrected chi connectivity index (χ2v) is 9.93. The fourth-order valence-corrected chi connectivity index (χ4v) is 6.38. The molecule has 0 unspecified atom stereocenters. The van der Waals surface area contributed by atoms with Crippen molar-refractivity contribution in [2.75, 3.05) is 32.2 Å². The molecule has 0 radical (unpaired) electrons. The van der Waals surface area contributed by atoms with Gasteiger partial charge in [-0.15, -0.1) is 11.3 Å². The Balaban J connectivity index is 1.32. The summed E-state index contributed by atoms with van der Waals surface area (Å²) in [6.45, 7) is 3.98. The van der Waals surface area contributed by atoms with Gasteiger partial charge in [-0.05, 0) is 43.9 Å². The maximum atomic E-state index is 13.3. The van der Waals surface area contributed by atoms with Gasteiger partial charge in [-0.1, -0.05) is 0 Å². The van der Waals surface area contributed by atoms with Crippen LogP contribution < -0.4 is 10.1 Å². The van der Waals surface area contributed by atoms with Crippen LogP contribution in [0.5, 0.6) is 5.75 Å². The lowest BCUT2D eigenvalue weighted by atomic mass is 9.86. The zero-order valence-electron chi connectivity index (χ0n) is 19.2. The number of methoxy groups -OCH3 is 1. The van der Waals surface area contributed by atoms with Crippen LogP contribution in [0.15, 0.2) is 30.9 Å². The Bertz CT molecular complexity index is 1380. The topological polar surface area (TPSA) is 93.9 Å². The summed E-state index contributed by atoms with van der Waals surface area (Å²) in [5.74, 6) is 1.73. The van der Waals surface area contributed by atoms with Gasteiger partial charge in [-0.25, -0.2) is 14.5 Å². The Morgan fingerprint density at radius 1 is 1.32 bits per heavy atom. The molecule has 0 saturated carbocycles. The average molecular weight is 479 g/mol. The predicted octanol–water partition coefficient (Wildman–Crippen LogP) is 3.44. The number of hydrogen-bond acceptors (Lipinski definition) is 8. The third-order valence-electron chi connectivity index (χ3n) is 6.83. The Morgan fingerprint density at radius 3 is 3.09 bits per heavy atom. The lowest BCUT2D eigenvalue weighted by Gasteiger charge is -2.36. The SMILES string of the molecule is COc1c(Nc2ncnc3sc4c(c23)CC[C@H](C(=O)N2CCOC[C@@H]2C)C4)ccn2nccc12. The summed E-state index contributed by atoms with van der Waals surface area (Å²) >= 11 is 1.68. The molecule has 2 aliphatic rings. The number of nitrogens with one attached hydrogen (secondary N) is 1. The van der Waals surface area contributed by atoms with E-state index in [9.17, 15) is 4.79 Å². The summed E-state index contributed by atoms with van der Waals surface area (Å²) < 4.78 is 13.0. The van der Waals surface area contributed by atoms with Crippen LogP contribution in [0, 0.1) is 5.92 Å². The minimum absolute atomic E-state index is 0.00912. The van der Waals surface area contributed by atoms with Crippen LogP contribution in [0.4, 0.5) is 11.5 Å². The molecule has 1 amide bonds. The minimum Gasteiger partial charge on any atom is -0.492 e. The number of pyridine rings is 1. The zero-order valence-corrected chi connectivity index (χ0v) is 20.0. The average Bonchev–Trinajstić information content (AvgIpc) is 3.48. The maximum absolute atomic E-state index is 13.3. The number of carbonyl (C=O) groups is 1. The lowest BCUT2D eigenvalue weighted by Crippen LogP contribution is -2.50. The summed E-state index contributed by atoms with van der Waals surface area (Å²) in [6, 6.07) is 3.98. The molecular weight excluding hydrogens is 452 g/mol. The summed E-state index contributed by atoms with van der Waals surface area (Å²) in [4.78, 5) is 26.6. The largest absolute Gasteiger partial charge is 0.492 e. The van der Waals surface area contributed by atoms with Gasteiger partial charge in [-0.2, -0.15) is 5.10 Å². The molecule has 10 heteroatoms.